The second kappa shape index (κ2) is 27.0. The Morgan fingerprint density at radius 3 is 1.65 bits per heavy atom. The first-order valence-corrected chi connectivity index (χ1v) is 24.2. The molecule has 1 fully saturated rings. The van der Waals surface area contributed by atoms with Crippen molar-refractivity contribution in [3.8, 4) is 0 Å². The van der Waals surface area contributed by atoms with E-state index >= 15 is 0 Å². The monoisotopic (exact) mass is 964 g/mol. The zero-order valence-corrected chi connectivity index (χ0v) is 43.5. The maximum absolute atomic E-state index is 14.2. The molecule has 388 valence electrons. The lowest BCUT2D eigenvalue weighted by Crippen LogP contribution is -2.65. The maximum atomic E-state index is 14.2. The Morgan fingerprint density at radius 1 is 0.618 bits per heavy atom. The van der Waals surface area contributed by atoms with Gasteiger partial charge in [0, 0.05) is 26.1 Å². The van der Waals surface area contributed by atoms with Gasteiger partial charge in [0.05, 0.1) is 13.0 Å². The summed E-state index contributed by atoms with van der Waals surface area (Å²) in [5, 5.41) is 27.7. The molecule has 0 unspecified atom stereocenters. The topological polar surface area (TPSA) is 282 Å². The number of carbonyl (C=O) groups excluding carboxylic acids is 9. The van der Waals surface area contributed by atoms with Gasteiger partial charge < -0.3 is 52.1 Å². The highest BCUT2D eigenvalue weighted by Crippen LogP contribution is 2.21. The molecule has 0 spiro atoms. The fourth-order valence-corrected chi connectivity index (χ4v) is 7.62. The normalized spacial score (nSPS) is 15.6. The zero-order chi connectivity index (χ0) is 52.5. The van der Waals surface area contributed by atoms with E-state index in [1.807, 2.05) is 62.3 Å². The minimum atomic E-state index is -1.61. The lowest BCUT2D eigenvalue weighted by Gasteiger charge is -2.36. The lowest BCUT2D eigenvalue weighted by molar-refractivity contribution is -0.144. The zero-order valence-electron chi connectivity index (χ0n) is 43.5. The summed E-state index contributed by atoms with van der Waals surface area (Å²) in [6.07, 6.45) is 2.48. The highest BCUT2D eigenvalue weighted by Gasteiger charge is 2.42. The van der Waals surface area contributed by atoms with Gasteiger partial charge in [-0.3, -0.25) is 47.9 Å². The smallest absolute Gasteiger partial charge is 0.305 e. The quantitative estimate of drug-likeness (QED) is 0.0563. The fourth-order valence-electron chi connectivity index (χ4n) is 7.62. The summed E-state index contributed by atoms with van der Waals surface area (Å²) in [6, 6.07) is -3.81. The van der Waals surface area contributed by atoms with Crippen molar-refractivity contribution in [2.75, 3.05) is 26.2 Å². The molecule has 0 aliphatic carbocycles. The molecule has 20 nitrogen and oxygen atoms in total. The van der Waals surface area contributed by atoms with Crippen LogP contribution in [0.2, 0.25) is 0 Å². The Hall–Kier alpha value is -5.30. The summed E-state index contributed by atoms with van der Waals surface area (Å²) in [7, 11) is 0. The van der Waals surface area contributed by atoms with Gasteiger partial charge in [-0.15, -0.1) is 0 Å². The Bertz CT molecular complexity index is 1790. The van der Waals surface area contributed by atoms with Crippen molar-refractivity contribution in [2.24, 2.45) is 23.7 Å². The number of likely N-dealkylation sites (tertiary alicyclic amines) is 1. The van der Waals surface area contributed by atoms with Gasteiger partial charge in [-0.05, 0) is 104 Å². The number of carbonyl (C=O) groups is 10. The average molecular weight is 964 g/mol. The Balaban J connectivity index is 3.18. The lowest BCUT2D eigenvalue weighted by atomic mass is 9.96. The molecule has 4 atom stereocenters. The van der Waals surface area contributed by atoms with Crippen molar-refractivity contribution >= 4 is 59.1 Å². The third-order valence-corrected chi connectivity index (χ3v) is 11.3. The molecule has 0 saturated carbocycles. The van der Waals surface area contributed by atoms with Crippen LogP contribution in [0.5, 0.6) is 0 Å². The molecular formula is C48H85N9O11. The summed E-state index contributed by atoms with van der Waals surface area (Å²) >= 11 is 0. The molecule has 1 heterocycles. The third-order valence-electron chi connectivity index (χ3n) is 11.3. The minimum absolute atomic E-state index is 0.0201. The number of nitrogens with zero attached hydrogens (tertiary/aromatic N) is 2. The molecule has 0 bridgehead atoms. The van der Waals surface area contributed by atoms with E-state index in [0.29, 0.717) is 32.2 Å². The van der Waals surface area contributed by atoms with Crippen molar-refractivity contribution in [1.82, 2.24) is 47.0 Å². The summed E-state index contributed by atoms with van der Waals surface area (Å²) in [5.74, 6) is -6.49. The molecule has 1 saturated heterocycles. The second-order valence-corrected chi connectivity index (χ2v) is 21.4. The number of hydrogen-bond donors (Lipinski definition) is 8. The summed E-state index contributed by atoms with van der Waals surface area (Å²) < 4.78 is 0. The first-order valence-electron chi connectivity index (χ1n) is 24.2. The number of rotatable bonds is 28. The minimum Gasteiger partial charge on any atom is -0.481 e. The number of nitrogens with one attached hydrogen (secondary N) is 7. The largest absolute Gasteiger partial charge is 0.481 e. The molecule has 1 aliphatic heterocycles. The number of carboxylic acids is 1. The van der Waals surface area contributed by atoms with Gasteiger partial charge in [-0.25, -0.2) is 0 Å². The number of hydrogen-bond acceptors (Lipinski definition) is 10. The van der Waals surface area contributed by atoms with Crippen LogP contribution in [0.3, 0.4) is 0 Å². The van der Waals surface area contributed by atoms with Gasteiger partial charge in [-0.1, -0.05) is 62.3 Å². The van der Waals surface area contributed by atoms with Gasteiger partial charge in [0.2, 0.25) is 53.2 Å². The van der Waals surface area contributed by atoms with Crippen molar-refractivity contribution in [3.63, 3.8) is 0 Å². The Labute approximate surface area is 404 Å². The van der Waals surface area contributed by atoms with Crippen LogP contribution in [0.4, 0.5) is 0 Å². The van der Waals surface area contributed by atoms with Gasteiger partial charge in [-0.2, -0.15) is 0 Å². The van der Waals surface area contributed by atoms with Gasteiger partial charge in [0.25, 0.3) is 0 Å². The van der Waals surface area contributed by atoms with E-state index in [1.165, 1.54) is 46.4 Å². The van der Waals surface area contributed by atoms with Gasteiger partial charge in [0.1, 0.15) is 40.8 Å². The molecule has 68 heavy (non-hydrogen) atoms. The van der Waals surface area contributed by atoms with Crippen molar-refractivity contribution in [2.45, 2.75) is 196 Å². The first-order chi connectivity index (χ1) is 31.3. The van der Waals surface area contributed by atoms with Crippen LogP contribution in [0, 0.1) is 23.7 Å². The Morgan fingerprint density at radius 2 is 1.13 bits per heavy atom. The standard InChI is InChI=1S/C48H85N9O11/c1-16-18-36(58)56-22-17-19-34(56)41(64)51-33(24-29(4)5)40(63)53-48(14,15)45(68)55-46(10,11)43(66)50-26-37(59)57(27-31(8)9)35(25-30(6)7)42(65)54-47(12,13)44(67)52-32(23-28(2)3)39(62)49-21-20-38(60)61/h28-35H,16-27H2,1-15H3,(H,49,62)(H,50,66)(H,51,64)(H,52,67)(H,53,63)(H,54,65)(H,55,68)(H,60,61)/t32-,33-,34-,35-/m0/s1. The molecule has 8 N–H and O–H groups in total. The van der Waals surface area contributed by atoms with Crippen LogP contribution in [0.15, 0.2) is 0 Å². The third kappa shape index (κ3) is 20.1. The maximum Gasteiger partial charge on any atom is 0.305 e. The molecule has 0 aromatic rings. The van der Waals surface area contributed by atoms with Crippen molar-refractivity contribution < 1.29 is 53.1 Å². The van der Waals surface area contributed by atoms with Gasteiger partial charge >= 0.3 is 5.97 Å². The number of carboxylic acid groups (broad SMARTS) is 1. The van der Waals surface area contributed by atoms with E-state index in [0.717, 1.165) is 0 Å². The second-order valence-electron chi connectivity index (χ2n) is 21.4. The van der Waals surface area contributed by atoms with E-state index in [2.05, 4.69) is 37.2 Å². The Kier molecular flexibility index (Phi) is 24.1. The first kappa shape index (κ1) is 60.7. The molecule has 1 aliphatic rings. The van der Waals surface area contributed by atoms with Crippen LogP contribution in [0.25, 0.3) is 0 Å². The van der Waals surface area contributed by atoms with E-state index in [-0.39, 0.29) is 68.4 Å². The van der Waals surface area contributed by atoms with Crippen LogP contribution in [-0.4, -0.2) is 141 Å². The predicted molar refractivity (Wildman–Crippen MR) is 257 cm³/mol. The van der Waals surface area contributed by atoms with Crippen molar-refractivity contribution in [1.29, 1.82) is 0 Å². The van der Waals surface area contributed by atoms with E-state index in [9.17, 15) is 47.9 Å². The predicted octanol–water partition coefficient (Wildman–Crippen LogP) is 2.13. The number of amides is 9. The van der Waals surface area contributed by atoms with E-state index in [1.54, 1.807) is 4.90 Å². The summed E-state index contributed by atoms with van der Waals surface area (Å²) in [5.41, 5.74) is -4.77. The molecule has 0 aromatic carbocycles. The summed E-state index contributed by atoms with van der Waals surface area (Å²) in [6.45, 7) is 25.4. The van der Waals surface area contributed by atoms with Crippen molar-refractivity contribution in [3.05, 3.63) is 0 Å². The molecule has 0 aromatic heterocycles. The van der Waals surface area contributed by atoms with E-state index < -0.39 is 101 Å². The van der Waals surface area contributed by atoms with Crippen LogP contribution >= 0.6 is 0 Å². The fraction of sp³-hybridized carbons (Fsp3) is 0.792. The average Bonchev–Trinajstić information content (AvgIpc) is 3.70. The van der Waals surface area contributed by atoms with Gasteiger partial charge in [0.15, 0.2) is 0 Å². The molecule has 20 heteroatoms. The van der Waals surface area contributed by atoms with Crippen LogP contribution in [0.1, 0.15) is 155 Å². The highest BCUT2D eigenvalue weighted by atomic mass is 16.4. The molecular weight excluding hydrogens is 879 g/mol. The van der Waals surface area contributed by atoms with Crippen LogP contribution in [-0.2, 0) is 47.9 Å². The number of aliphatic carboxylic acids is 1. The highest BCUT2D eigenvalue weighted by molar-refractivity contribution is 6.00. The molecule has 1 rings (SSSR count). The molecule has 9 amide bonds. The van der Waals surface area contributed by atoms with E-state index in [4.69, 9.17) is 5.11 Å². The van der Waals surface area contributed by atoms with Crippen LogP contribution < -0.4 is 37.2 Å². The molecule has 0 radical (unpaired) electrons. The summed E-state index contributed by atoms with van der Waals surface area (Å²) in [4.78, 5) is 136. The SMILES string of the molecule is CCCC(=O)N1CCC[C@H]1C(=O)N[C@@H](CC(C)C)C(=O)NC(C)(C)C(=O)NC(C)(C)C(=O)NCC(=O)N(CC(C)C)[C@@H](CC(C)C)C(=O)NC(C)(C)C(=O)N[C@@H](CC(C)C)C(=O)NCCC(=O)O.